The number of hydrogen-bond acceptors (Lipinski definition) is 4. The Hall–Kier alpha value is -2.50. The Balaban J connectivity index is 1.71. The van der Waals surface area contributed by atoms with Crippen molar-refractivity contribution in [1.82, 2.24) is 14.7 Å². The van der Waals surface area contributed by atoms with Crippen LogP contribution in [0.3, 0.4) is 0 Å². The number of carbonyl (C=O) groups is 1. The van der Waals surface area contributed by atoms with Crippen molar-refractivity contribution in [1.29, 1.82) is 0 Å². The summed E-state index contributed by atoms with van der Waals surface area (Å²) < 4.78 is 12.5. The summed E-state index contributed by atoms with van der Waals surface area (Å²) in [7, 11) is 3.25. The van der Waals surface area contributed by atoms with Crippen LogP contribution in [0.15, 0.2) is 36.7 Å². The predicted octanol–water partition coefficient (Wildman–Crippen LogP) is 2.65. The highest BCUT2D eigenvalue weighted by atomic mass is 16.5. The third kappa shape index (κ3) is 3.37. The Morgan fingerprint density at radius 2 is 2.12 bits per heavy atom. The van der Waals surface area contributed by atoms with Gasteiger partial charge < -0.3 is 14.4 Å². The summed E-state index contributed by atoms with van der Waals surface area (Å²) in [5, 5.41) is 4.15. The zero-order valence-corrected chi connectivity index (χ0v) is 14.1. The Labute approximate surface area is 142 Å². The molecular formula is C18H23N3O3. The molecule has 1 aromatic heterocycles. The van der Waals surface area contributed by atoms with Crippen molar-refractivity contribution in [3.8, 4) is 11.5 Å². The van der Waals surface area contributed by atoms with Gasteiger partial charge in [-0.05, 0) is 36.6 Å². The monoisotopic (exact) mass is 329 g/mol. The van der Waals surface area contributed by atoms with Gasteiger partial charge in [-0.15, -0.1) is 0 Å². The van der Waals surface area contributed by atoms with Gasteiger partial charge in [-0.3, -0.25) is 9.48 Å². The Morgan fingerprint density at radius 1 is 1.29 bits per heavy atom. The van der Waals surface area contributed by atoms with Crippen LogP contribution in [-0.2, 0) is 11.3 Å². The number of methoxy groups -OCH3 is 2. The van der Waals surface area contributed by atoms with Gasteiger partial charge in [0, 0.05) is 31.9 Å². The van der Waals surface area contributed by atoms with Crippen molar-refractivity contribution >= 4 is 5.91 Å². The maximum atomic E-state index is 12.6. The fraction of sp³-hybridized carbons (Fsp3) is 0.444. The van der Waals surface area contributed by atoms with Gasteiger partial charge in [-0.25, -0.2) is 0 Å². The zero-order valence-electron chi connectivity index (χ0n) is 14.1. The Bertz CT molecular complexity index is 685. The average molecular weight is 329 g/mol. The van der Waals surface area contributed by atoms with Gasteiger partial charge >= 0.3 is 0 Å². The van der Waals surface area contributed by atoms with Crippen LogP contribution in [0.4, 0.5) is 0 Å². The lowest BCUT2D eigenvalue weighted by molar-refractivity contribution is -0.132. The molecule has 24 heavy (non-hydrogen) atoms. The zero-order chi connectivity index (χ0) is 16.9. The van der Waals surface area contributed by atoms with Crippen LogP contribution in [0.2, 0.25) is 0 Å². The molecule has 0 spiro atoms. The van der Waals surface area contributed by atoms with Crippen LogP contribution >= 0.6 is 0 Å². The molecule has 1 aliphatic rings. The number of hydrogen-bond donors (Lipinski definition) is 0. The highest BCUT2D eigenvalue weighted by Gasteiger charge is 2.30. The summed E-state index contributed by atoms with van der Waals surface area (Å²) in [6, 6.07) is 7.87. The maximum absolute atomic E-state index is 12.6. The Kier molecular flexibility index (Phi) is 5.03. The molecule has 1 aromatic carbocycles. The number of nitrogens with zero attached hydrogens (tertiary/aromatic N) is 3. The molecular weight excluding hydrogens is 306 g/mol. The van der Waals surface area contributed by atoms with Crippen molar-refractivity contribution in [3.63, 3.8) is 0 Å². The Morgan fingerprint density at radius 3 is 2.83 bits per heavy atom. The molecule has 1 aliphatic heterocycles. The summed E-state index contributed by atoms with van der Waals surface area (Å²) in [4.78, 5) is 14.6. The first-order valence-electron chi connectivity index (χ1n) is 8.21. The first-order valence-corrected chi connectivity index (χ1v) is 8.21. The van der Waals surface area contributed by atoms with E-state index in [4.69, 9.17) is 9.47 Å². The topological polar surface area (TPSA) is 56.6 Å². The van der Waals surface area contributed by atoms with Crippen molar-refractivity contribution < 1.29 is 14.3 Å². The molecule has 1 atom stereocenters. The first-order chi connectivity index (χ1) is 11.7. The van der Waals surface area contributed by atoms with Crippen LogP contribution < -0.4 is 9.47 Å². The van der Waals surface area contributed by atoms with Crippen LogP contribution in [0.5, 0.6) is 11.5 Å². The van der Waals surface area contributed by atoms with Gasteiger partial charge in [0.2, 0.25) is 5.91 Å². The molecule has 0 unspecified atom stereocenters. The fourth-order valence-electron chi connectivity index (χ4n) is 3.26. The summed E-state index contributed by atoms with van der Waals surface area (Å²) in [5.74, 6) is 1.57. The fourth-order valence-corrected chi connectivity index (χ4v) is 3.26. The predicted molar refractivity (Wildman–Crippen MR) is 90.1 cm³/mol. The third-order valence-electron chi connectivity index (χ3n) is 4.48. The molecule has 2 aromatic rings. The number of benzene rings is 1. The highest BCUT2D eigenvalue weighted by molar-refractivity contribution is 5.77. The minimum absolute atomic E-state index is 0.106. The molecule has 1 fully saturated rings. The summed E-state index contributed by atoms with van der Waals surface area (Å²) in [5.41, 5.74) is 1.09. The molecule has 0 saturated carbocycles. The van der Waals surface area contributed by atoms with E-state index in [1.807, 2.05) is 35.4 Å². The molecule has 3 rings (SSSR count). The van der Waals surface area contributed by atoms with E-state index in [9.17, 15) is 4.79 Å². The van der Waals surface area contributed by atoms with Gasteiger partial charge in [0.1, 0.15) is 0 Å². The standard InChI is InChI=1S/C18H23N3O3/c1-23-16-7-6-14(13-17(16)24-2)15-5-3-11-21(15)18(22)8-12-20-10-4-9-19-20/h4,6-7,9-10,13,15H,3,5,8,11-12H2,1-2H3/t15-/m1/s1. The second kappa shape index (κ2) is 7.38. The number of aryl methyl sites for hydroxylation is 1. The van der Waals surface area contributed by atoms with E-state index < -0.39 is 0 Å². The number of carbonyl (C=O) groups excluding carboxylic acids is 1. The molecule has 6 nitrogen and oxygen atoms in total. The normalized spacial score (nSPS) is 17.1. The SMILES string of the molecule is COc1ccc([C@H]2CCCN2C(=O)CCn2cccn2)cc1OC. The second-order valence-electron chi connectivity index (χ2n) is 5.88. The smallest absolute Gasteiger partial charge is 0.224 e. The van der Waals surface area contributed by atoms with E-state index in [-0.39, 0.29) is 11.9 Å². The molecule has 0 aliphatic carbocycles. The molecule has 1 amide bonds. The van der Waals surface area contributed by atoms with Crippen LogP contribution in [-0.4, -0.2) is 41.4 Å². The summed E-state index contributed by atoms with van der Waals surface area (Å²) >= 11 is 0. The summed E-state index contributed by atoms with van der Waals surface area (Å²) in [6.07, 6.45) is 6.07. The molecule has 0 N–H and O–H groups in total. The molecule has 1 saturated heterocycles. The summed E-state index contributed by atoms with van der Waals surface area (Å²) in [6.45, 7) is 1.41. The number of aromatic nitrogens is 2. The molecule has 0 radical (unpaired) electrons. The van der Waals surface area contributed by atoms with E-state index >= 15 is 0 Å². The lowest BCUT2D eigenvalue weighted by Gasteiger charge is -2.26. The number of amides is 1. The van der Waals surface area contributed by atoms with E-state index in [1.54, 1.807) is 25.1 Å². The van der Waals surface area contributed by atoms with Gasteiger partial charge in [0.05, 0.1) is 20.3 Å². The highest BCUT2D eigenvalue weighted by Crippen LogP contribution is 2.37. The van der Waals surface area contributed by atoms with Crippen LogP contribution in [0, 0.1) is 0 Å². The van der Waals surface area contributed by atoms with Gasteiger partial charge in [0.25, 0.3) is 0 Å². The molecule has 6 heteroatoms. The third-order valence-corrected chi connectivity index (χ3v) is 4.48. The first kappa shape index (κ1) is 16.4. The largest absolute Gasteiger partial charge is 0.493 e. The van der Waals surface area contributed by atoms with Crippen molar-refractivity contribution in [3.05, 3.63) is 42.2 Å². The molecule has 0 bridgehead atoms. The van der Waals surface area contributed by atoms with Crippen molar-refractivity contribution in [2.45, 2.75) is 31.8 Å². The van der Waals surface area contributed by atoms with Gasteiger partial charge in [-0.1, -0.05) is 6.07 Å². The van der Waals surface area contributed by atoms with Gasteiger partial charge in [-0.2, -0.15) is 5.10 Å². The van der Waals surface area contributed by atoms with E-state index in [0.717, 1.165) is 24.9 Å². The minimum atomic E-state index is 0.106. The molecule has 128 valence electrons. The van der Waals surface area contributed by atoms with Crippen LogP contribution in [0.1, 0.15) is 30.9 Å². The number of rotatable bonds is 6. The second-order valence-corrected chi connectivity index (χ2v) is 5.88. The quantitative estimate of drug-likeness (QED) is 0.817. The van der Waals surface area contributed by atoms with E-state index in [2.05, 4.69) is 5.10 Å². The average Bonchev–Trinajstić information content (AvgIpc) is 3.30. The number of ether oxygens (including phenoxy) is 2. The van der Waals surface area contributed by atoms with Crippen molar-refractivity contribution in [2.24, 2.45) is 0 Å². The minimum Gasteiger partial charge on any atom is -0.493 e. The van der Waals surface area contributed by atoms with Gasteiger partial charge in [0.15, 0.2) is 11.5 Å². The lowest BCUT2D eigenvalue weighted by Crippen LogP contribution is -2.31. The van der Waals surface area contributed by atoms with Crippen LogP contribution in [0.25, 0.3) is 0 Å². The lowest BCUT2D eigenvalue weighted by atomic mass is 10.0. The maximum Gasteiger partial charge on any atom is 0.224 e. The van der Waals surface area contributed by atoms with E-state index in [1.165, 1.54) is 0 Å². The number of likely N-dealkylation sites (tertiary alicyclic amines) is 1. The van der Waals surface area contributed by atoms with E-state index in [0.29, 0.717) is 24.5 Å². The van der Waals surface area contributed by atoms with Crippen molar-refractivity contribution in [2.75, 3.05) is 20.8 Å². The molecule has 2 heterocycles.